The summed E-state index contributed by atoms with van der Waals surface area (Å²) in [5.74, 6) is 0.568. The molecule has 6 heteroatoms. The highest BCUT2D eigenvalue weighted by Gasteiger charge is 2.33. The van der Waals surface area contributed by atoms with Gasteiger partial charge in [0, 0.05) is 17.8 Å². The lowest BCUT2D eigenvalue weighted by Gasteiger charge is -2.22. The van der Waals surface area contributed by atoms with Crippen molar-refractivity contribution in [3.05, 3.63) is 16.1 Å². The minimum atomic E-state index is -0.418. The molecule has 0 atom stereocenters. The fourth-order valence-corrected chi connectivity index (χ4v) is 4.07. The Morgan fingerprint density at radius 2 is 2.04 bits per heavy atom. The molecule has 1 amide bonds. The molecule has 0 radical (unpaired) electrons. The molecule has 0 bridgehead atoms. The number of hydrogen-bond donors (Lipinski definition) is 0. The highest BCUT2D eigenvalue weighted by Crippen LogP contribution is 2.32. The first-order valence-electron chi connectivity index (χ1n) is 8.49. The van der Waals surface area contributed by atoms with Crippen LogP contribution < -0.4 is 0 Å². The summed E-state index contributed by atoms with van der Waals surface area (Å²) in [7, 11) is 1.35. The van der Waals surface area contributed by atoms with Crippen LogP contribution in [0.2, 0.25) is 0 Å². The molecule has 126 valence electrons. The van der Waals surface area contributed by atoms with Crippen molar-refractivity contribution in [2.24, 2.45) is 5.92 Å². The fraction of sp³-hybridized carbons (Fsp3) is 0.706. The molecule has 0 aromatic carbocycles. The molecule has 2 saturated carbocycles. The average molecular weight is 336 g/mol. The molecule has 3 rings (SSSR count). The molecule has 1 aromatic heterocycles. The Balaban J connectivity index is 1.56. The summed E-state index contributed by atoms with van der Waals surface area (Å²) in [6, 6.07) is 0.372. The zero-order chi connectivity index (χ0) is 16.2. The normalized spacial score (nSPS) is 18.1. The topological polar surface area (TPSA) is 59.5 Å². The second-order valence-corrected chi connectivity index (χ2v) is 7.50. The molecule has 5 nitrogen and oxygen atoms in total. The number of esters is 1. The molecular weight excluding hydrogens is 312 g/mol. The van der Waals surface area contributed by atoms with Crippen molar-refractivity contribution in [1.82, 2.24) is 9.88 Å². The number of aromatic nitrogens is 1. The predicted molar refractivity (Wildman–Crippen MR) is 88.2 cm³/mol. The van der Waals surface area contributed by atoms with E-state index in [1.165, 1.54) is 44.1 Å². The van der Waals surface area contributed by atoms with Gasteiger partial charge in [-0.2, -0.15) is 0 Å². The van der Waals surface area contributed by atoms with Gasteiger partial charge in [0.05, 0.1) is 13.7 Å². The lowest BCUT2D eigenvalue weighted by Crippen LogP contribution is -2.32. The Kier molecular flexibility index (Phi) is 5.30. The zero-order valence-electron chi connectivity index (χ0n) is 13.6. The van der Waals surface area contributed by atoms with Crippen LogP contribution >= 0.6 is 11.3 Å². The third-order valence-electron chi connectivity index (χ3n) is 4.80. The molecule has 23 heavy (non-hydrogen) atoms. The van der Waals surface area contributed by atoms with E-state index < -0.39 is 5.97 Å². The maximum atomic E-state index is 12.6. The van der Waals surface area contributed by atoms with Gasteiger partial charge in [0.15, 0.2) is 5.69 Å². The Morgan fingerprint density at radius 3 is 2.70 bits per heavy atom. The number of rotatable bonds is 7. The third kappa shape index (κ3) is 4.31. The molecule has 0 aliphatic heterocycles. The van der Waals surface area contributed by atoms with E-state index in [4.69, 9.17) is 0 Å². The highest BCUT2D eigenvalue weighted by atomic mass is 32.1. The van der Waals surface area contributed by atoms with Gasteiger partial charge in [-0.1, -0.05) is 25.7 Å². The maximum Gasteiger partial charge on any atom is 0.357 e. The Labute approximate surface area is 141 Å². The lowest BCUT2D eigenvalue weighted by molar-refractivity contribution is -0.132. The number of carbonyl (C=O) groups excluding carboxylic acids is 2. The molecule has 1 aromatic rings. The van der Waals surface area contributed by atoms with E-state index in [0.717, 1.165) is 30.2 Å². The Morgan fingerprint density at radius 1 is 1.30 bits per heavy atom. The minimum absolute atomic E-state index is 0.245. The number of nitrogens with zero attached hydrogens (tertiary/aromatic N) is 2. The number of carbonyl (C=O) groups is 2. The van der Waals surface area contributed by atoms with Crippen LogP contribution in [0.1, 0.15) is 66.9 Å². The molecule has 0 unspecified atom stereocenters. The fourth-order valence-electron chi connectivity index (χ4n) is 3.30. The van der Waals surface area contributed by atoms with E-state index >= 15 is 0 Å². The Bertz CT molecular complexity index is 562. The molecule has 2 aliphatic rings. The van der Waals surface area contributed by atoms with Gasteiger partial charge < -0.3 is 9.64 Å². The van der Waals surface area contributed by atoms with Gasteiger partial charge in [-0.15, -0.1) is 11.3 Å². The standard InChI is InChI=1S/C17H24N2O3S/c1-22-17(21)14-11-23-15(18-14)10-19(13-7-8-13)16(20)9-6-12-4-2-3-5-12/h11-13H,2-10H2,1H3. The van der Waals surface area contributed by atoms with Crippen molar-refractivity contribution in [3.63, 3.8) is 0 Å². The monoisotopic (exact) mass is 336 g/mol. The van der Waals surface area contributed by atoms with E-state index in [9.17, 15) is 9.59 Å². The summed E-state index contributed by atoms with van der Waals surface area (Å²) in [4.78, 5) is 30.3. The summed E-state index contributed by atoms with van der Waals surface area (Å²) in [6.07, 6.45) is 9.05. The van der Waals surface area contributed by atoms with Crippen LogP contribution in [0.25, 0.3) is 0 Å². The van der Waals surface area contributed by atoms with Crippen LogP contribution in [0.5, 0.6) is 0 Å². The van der Waals surface area contributed by atoms with Crippen LogP contribution in [0, 0.1) is 5.92 Å². The van der Waals surface area contributed by atoms with Gasteiger partial charge in [-0.05, 0) is 25.2 Å². The van der Waals surface area contributed by atoms with E-state index in [1.54, 1.807) is 5.38 Å². The zero-order valence-corrected chi connectivity index (χ0v) is 14.4. The summed E-state index contributed by atoms with van der Waals surface area (Å²) < 4.78 is 4.68. The van der Waals surface area contributed by atoms with Gasteiger partial charge in [0.25, 0.3) is 0 Å². The minimum Gasteiger partial charge on any atom is -0.464 e. The van der Waals surface area contributed by atoms with E-state index in [0.29, 0.717) is 24.7 Å². The van der Waals surface area contributed by atoms with Crippen molar-refractivity contribution in [2.45, 2.75) is 64.0 Å². The summed E-state index contributed by atoms with van der Waals surface area (Å²) >= 11 is 1.42. The van der Waals surface area contributed by atoms with Gasteiger partial charge in [-0.3, -0.25) is 4.79 Å². The average Bonchev–Trinajstić information content (AvgIpc) is 3.08. The van der Waals surface area contributed by atoms with Crippen molar-refractivity contribution in [3.8, 4) is 0 Å². The lowest BCUT2D eigenvalue weighted by atomic mass is 10.0. The summed E-state index contributed by atoms with van der Waals surface area (Å²) in [5.41, 5.74) is 0.335. The van der Waals surface area contributed by atoms with Crippen LogP contribution in [0.4, 0.5) is 0 Å². The first-order chi connectivity index (χ1) is 11.2. The van der Waals surface area contributed by atoms with E-state index in [2.05, 4.69) is 9.72 Å². The van der Waals surface area contributed by atoms with Crippen molar-refractivity contribution in [1.29, 1.82) is 0 Å². The number of thiazole rings is 1. The number of methoxy groups -OCH3 is 1. The molecule has 0 N–H and O–H groups in total. The van der Waals surface area contributed by atoms with Crippen molar-refractivity contribution < 1.29 is 14.3 Å². The van der Waals surface area contributed by atoms with Crippen LogP contribution in [-0.4, -0.2) is 34.9 Å². The van der Waals surface area contributed by atoms with Crippen molar-refractivity contribution >= 4 is 23.2 Å². The molecule has 2 aliphatic carbocycles. The number of hydrogen-bond acceptors (Lipinski definition) is 5. The van der Waals surface area contributed by atoms with E-state index in [-0.39, 0.29) is 5.91 Å². The predicted octanol–water partition coefficient (Wildman–Crippen LogP) is 3.39. The molecule has 2 fully saturated rings. The SMILES string of the molecule is COC(=O)c1csc(CN(C(=O)CCC2CCCC2)C2CC2)n1. The van der Waals surface area contributed by atoms with Gasteiger partial charge >= 0.3 is 5.97 Å². The van der Waals surface area contributed by atoms with Crippen LogP contribution in [0.3, 0.4) is 0 Å². The molecule has 0 saturated heterocycles. The highest BCUT2D eigenvalue weighted by molar-refractivity contribution is 7.09. The quantitative estimate of drug-likeness (QED) is 0.716. The summed E-state index contributed by atoms with van der Waals surface area (Å²) in [5, 5.41) is 2.52. The largest absolute Gasteiger partial charge is 0.464 e. The number of ether oxygens (including phenoxy) is 1. The molecule has 1 heterocycles. The smallest absolute Gasteiger partial charge is 0.357 e. The number of amides is 1. The molecule has 0 spiro atoms. The Hall–Kier alpha value is -1.43. The van der Waals surface area contributed by atoms with Gasteiger partial charge in [0.2, 0.25) is 5.91 Å². The van der Waals surface area contributed by atoms with E-state index in [1.807, 2.05) is 4.90 Å². The molecular formula is C17H24N2O3S. The van der Waals surface area contributed by atoms with Crippen LogP contribution in [-0.2, 0) is 16.1 Å². The van der Waals surface area contributed by atoms with Gasteiger partial charge in [-0.25, -0.2) is 9.78 Å². The second kappa shape index (κ2) is 7.43. The summed E-state index contributed by atoms with van der Waals surface area (Å²) in [6.45, 7) is 0.524. The maximum absolute atomic E-state index is 12.6. The first-order valence-corrected chi connectivity index (χ1v) is 9.37. The second-order valence-electron chi connectivity index (χ2n) is 6.56. The van der Waals surface area contributed by atoms with Gasteiger partial charge in [0.1, 0.15) is 5.01 Å². The third-order valence-corrected chi connectivity index (χ3v) is 5.63. The first kappa shape index (κ1) is 16.4. The van der Waals surface area contributed by atoms with Crippen LogP contribution in [0.15, 0.2) is 5.38 Å². The van der Waals surface area contributed by atoms with Crippen molar-refractivity contribution in [2.75, 3.05) is 7.11 Å².